The lowest BCUT2D eigenvalue weighted by Crippen LogP contribution is -2.25. The summed E-state index contributed by atoms with van der Waals surface area (Å²) in [5, 5.41) is 7.58. The third-order valence-electron chi connectivity index (χ3n) is 3.77. The average molecular weight is 309 g/mol. The highest BCUT2D eigenvalue weighted by Gasteiger charge is 2.25. The Morgan fingerprint density at radius 2 is 2.14 bits per heavy atom. The van der Waals surface area contributed by atoms with Crippen molar-refractivity contribution in [3.63, 3.8) is 0 Å². The van der Waals surface area contributed by atoms with Gasteiger partial charge in [-0.2, -0.15) is 0 Å². The molecule has 2 rings (SSSR count). The van der Waals surface area contributed by atoms with E-state index >= 15 is 0 Å². The molecule has 118 valence electrons. The number of nitrogen functional groups attached to an aromatic ring is 1. The van der Waals surface area contributed by atoms with Crippen molar-refractivity contribution in [1.82, 2.24) is 5.32 Å². The number of anilines is 2. The van der Waals surface area contributed by atoms with Gasteiger partial charge in [-0.15, -0.1) is 11.3 Å². The molecule has 0 saturated heterocycles. The molecule has 4 N–H and O–H groups in total. The number of unbranched alkanes of at least 4 members (excludes halogenated alkanes) is 1. The summed E-state index contributed by atoms with van der Waals surface area (Å²) in [5.74, 6) is -0.0198. The van der Waals surface area contributed by atoms with Gasteiger partial charge in [-0.3, -0.25) is 4.79 Å². The van der Waals surface area contributed by atoms with Crippen molar-refractivity contribution in [2.45, 2.75) is 70.9 Å². The Labute approximate surface area is 131 Å². The van der Waals surface area contributed by atoms with Gasteiger partial charge >= 0.3 is 0 Å². The number of hydrogen-bond donors (Lipinski definition) is 3. The molecule has 0 aromatic carbocycles. The number of nitrogens with two attached hydrogens (primary N) is 1. The van der Waals surface area contributed by atoms with Crippen molar-refractivity contribution in [2.24, 2.45) is 0 Å². The van der Waals surface area contributed by atoms with Crippen molar-refractivity contribution < 1.29 is 4.79 Å². The van der Waals surface area contributed by atoms with Crippen molar-refractivity contribution in [3.05, 3.63) is 10.9 Å². The fourth-order valence-electron chi connectivity index (χ4n) is 2.42. The fourth-order valence-corrected chi connectivity index (χ4v) is 3.38. The number of nitrogens with one attached hydrogen (secondary N) is 2. The van der Waals surface area contributed by atoms with E-state index in [2.05, 4.69) is 24.5 Å². The summed E-state index contributed by atoms with van der Waals surface area (Å²) >= 11 is 1.48. The van der Waals surface area contributed by atoms with Gasteiger partial charge in [-0.25, -0.2) is 0 Å². The molecule has 1 amide bonds. The van der Waals surface area contributed by atoms with E-state index in [0.29, 0.717) is 22.6 Å². The number of rotatable bonds is 9. The molecule has 0 spiro atoms. The van der Waals surface area contributed by atoms with Gasteiger partial charge in [0.2, 0.25) is 0 Å². The topological polar surface area (TPSA) is 67.1 Å². The maximum atomic E-state index is 12.1. The molecule has 1 aliphatic carbocycles. The summed E-state index contributed by atoms with van der Waals surface area (Å²) in [4.78, 5) is 12.8. The zero-order chi connectivity index (χ0) is 15.2. The highest BCUT2D eigenvalue weighted by molar-refractivity contribution is 7.18. The second-order valence-electron chi connectivity index (χ2n) is 5.92. The zero-order valence-electron chi connectivity index (χ0n) is 13.1. The Bertz CT molecular complexity index is 468. The number of hydrogen-bond acceptors (Lipinski definition) is 4. The van der Waals surface area contributed by atoms with E-state index in [0.717, 1.165) is 30.7 Å². The van der Waals surface area contributed by atoms with Crippen molar-refractivity contribution >= 4 is 27.9 Å². The summed E-state index contributed by atoms with van der Waals surface area (Å²) < 4.78 is 0. The number of carbonyl (C=O) groups excluding carboxylic acids is 1. The van der Waals surface area contributed by atoms with Crippen LogP contribution in [0.4, 0.5) is 10.7 Å². The van der Waals surface area contributed by atoms with Gasteiger partial charge in [0, 0.05) is 12.1 Å². The van der Waals surface area contributed by atoms with E-state index in [1.54, 1.807) is 0 Å². The Morgan fingerprint density at radius 1 is 1.38 bits per heavy atom. The van der Waals surface area contributed by atoms with E-state index < -0.39 is 0 Å². The van der Waals surface area contributed by atoms with Crippen LogP contribution in [0.2, 0.25) is 0 Å². The molecular weight excluding hydrogens is 282 g/mol. The maximum Gasteiger partial charge on any atom is 0.263 e. The molecule has 21 heavy (non-hydrogen) atoms. The first kappa shape index (κ1) is 16.1. The number of amides is 1. The van der Waals surface area contributed by atoms with Gasteiger partial charge in [0.15, 0.2) is 0 Å². The quantitative estimate of drug-likeness (QED) is 0.646. The molecule has 1 saturated carbocycles. The third-order valence-corrected chi connectivity index (χ3v) is 4.85. The Morgan fingerprint density at radius 3 is 2.76 bits per heavy atom. The smallest absolute Gasteiger partial charge is 0.263 e. The van der Waals surface area contributed by atoms with Crippen LogP contribution in [-0.4, -0.2) is 18.0 Å². The van der Waals surface area contributed by atoms with E-state index in [1.165, 1.54) is 30.6 Å². The summed E-state index contributed by atoms with van der Waals surface area (Å²) in [6.45, 7) is 4.42. The van der Waals surface area contributed by atoms with Gasteiger partial charge in [-0.05, 0) is 31.7 Å². The van der Waals surface area contributed by atoms with Crippen LogP contribution < -0.4 is 16.4 Å². The molecule has 1 aromatic heterocycles. The lowest BCUT2D eigenvalue weighted by Gasteiger charge is -2.17. The predicted molar refractivity (Wildman–Crippen MR) is 91.1 cm³/mol. The number of thiophene rings is 1. The van der Waals surface area contributed by atoms with E-state index in [-0.39, 0.29) is 5.91 Å². The normalized spacial score (nSPS) is 15.7. The Balaban J connectivity index is 1.96. The van der Waals surface area contributed by atoms with Crippen LogP contribution in [0.3, 0.4) is 0 Å². The molecule has 1 unspecified atom stereocenters. The standard InChI is InChI=1S/C16H27N3OS/c1-3-5-7-11(6-4-2)18-14-10-13(17)15(21-14)16(20)19-12-8-9-12/h10-12,18H,3-9,17H2,1-2H3,(H,19,20). The molecule has 1 aliphatic rings. The Kier molecular flexibility index (Phi) is 5.91. The van der Waals surface area contributed by atoms with Crippen molar-refractivity contribution in [2.75, 3.05) is 11.1 Å². The molecular formula is C16H27N3OS. The minimum Gasteiger partial charge on any atom is -0.397 e. The first-order valence-electron chi connectivity index (χ1n) is 8.10. The molecule has 4 nitrogen and oxygen atoms in total. The molecule has 1 fully saturated rings. The largest absolute Gasteiger partial charge is 0.397 e. The molecule has 0 aliphatic heterocycles. The molecule has 0 radical (unpaired) electrons. The first-order valence-corrected chi connectivity index (χ1v) is 8.92. The highest BCUT2D eigenvalue weighted by Crippen LogP contribution is 2.31. The van der Waals surface area contributed by atoms with E-state index in [9.17, 15) is 4.79 Å². The molecule has 1 aromatic rings. The summed E-state index contributed by atoms with van der Waals surface area (Å²) in [7, 11) is 0. The van der Waals surface area contributed by atoms with Gasteiger partial charge in [0.1, 0.15) is 4.88 Å². The van der Waals surface area contributed by atoms with Crippen LogP contribution in [0.1, 0.15) is 68.5 Å². The summed E-state index contributed by atoms with van der Waals surface area (Å²) in [6, 6.07) is 2.75. The van der Waals surface area contributed by atoms with Gasteiger partial charge in [0.05, 0.1) is 10.7 Å². The zero-order valence-corrected chi connectivity index (χ0v) is 13.9. The summed E-state index contributed by atoms with van der Waals surface area (Å²) in [6.07, 6.45) is 8.12. The van der Waals surface area contributed by atoms with Crippen LogP contribution in [0.15, 0.2) is 6.07 Å². The minimum absolute atomic E-state index is 0.0198. The number of carbonyl (C=O) groups is 1. The fraction of sp³-hybridized carbons (Fsp3) is 0.688. The maximum absolute atomic E-state index is 12.1. The van der Waals surface area contributed by atoms with Crippen LogP contribution in [0.5, 0.6) is 0 Å². The third kappa shape index (κ3) is 4.92. The molecule has 0 bridgehead atoms. The second kappa shape index (κ2) is 7.69. The van der Waals surface area contributed by atoms with Crippen LogP contribution in [0, 0.1) is 0 Å². The highest BCUT2D eigenvalue weighted by atomic mass is 32.1. The van der Waals surface area contributed by atoms with Crippen molar-refractivity contribution in [1.29, 1.82) is 0 Å². The lowest BCUT2D eigenvalue weighted by molar-refractivity contribution is 0.0956. The molecule has 5 heteroatoms. The monoisotopic (exact) mass is 309 g/mol. The summed E-state index contributed by atoms with van der Waals surface area (Å²) in [5.41, 5.74) is 6.59. The molecule has 1 atom stereocenters. The van der Waals surface area contributed by atoms with E-state index in [1.807, 2.05) is 6.07 Å². The second-order valence-corrected chi connectivity index (χ2v) is 6.97. The molecule has 1 heterocycles. The van der Waals surface area contributed by atoms with Crippen LogP contribution in [0.25, 0.3) is 0 Å². The predicted octanol–water partition coefficient (Wildman–Crippen LogP) is 3.99. The Hall–Kier alpha value is -1.23. The van der Waals surface area contributed by atoms with Gasteiger partial charge < -0.3 is 16.4 Å². The van der Waals surface area contributed by atoms with Crippen LogP contribution >= 0.6 is 11.3 Å². The van der Waals surface area contributed by atoms with E-state index in [4.69, 9.17) is 5.73 Å². The average Bonchev–Trinajstić information content (AvgIpc) is 3.18. The van der Waals surface area contributed by atoms with Crippen molar-refractivity contribution in [3.8, 4) is 0 Å². The SMILES string of the molecule is CCCCC(CCC)Nc1cc(N)c(C(=O)NC2CC2)s1. The van der Waals surface area contributed by atoms with Crippen LogP contribution in [-0.2, 0) is 0 Å². The first-order chi connectivity index (χ1) is 10.1. The van der Waals surface area contributed by atoms with Gasteiger partial charge in [0.25, 0.3) is 5.91 Å². The lowest BCUT2D eigenvalue weighted by atomic mass is 10.1. The van der Waals surface area contributed by atoms with Gasteiger partial charge in [-0.1, -0.05) is 33.1 Å². The minimum atomic E-state index is -0.0198.